The largest absolute Gasteiger partial charge is 0.494 e. The van der Waals surface area contributed by atoms with Crippen LogP contribution < -0.4 is 10.9 Å². The van der Waals surface area contributed by atoms with Gasteiger partial charge in [-0.15, -0.1) is 0 Å². The monoisotopic (exact) mass is 1250 g/mol. The highest BCUT2D eigenvalue weighted by Crippen LogP contribution is 2.62. The van der Waals surface area contributed by atoms with Gasteiger partial charge in [-0.2, -0.15) is 0 Å². The lowest BCUT2D eigenvalue weighted by Gasteiger charge is -2.32. The lowest BCUT2D eigenvalue weighted by atomic mass is 9.69. The van der Waals surface area contributed by atoms with Crippen LogP contribution in [0, 0.1) is 83.1 Å². The third-order valence-electron chi connectivity index (χ3n) is 24.5. The predicted molar refractivity (Wildman–Crippen MR) is 414 cm³/mol. The van der Waals surface area contributed by atoms with Crippen LogP contribution >= 0.6 is 0 Å². The summed E-state index contributed by atoms with van der Waals surface area (Å²) in [5, 5.41) is 30.9. The van der Waals surface area contributed by atoms with Crippen LogP contribution in [0.4, 0.5) is 0 Å². The van der Waals surface area contributed by atoms with Gasteiger partial charge in [0.1, 0.15) is 0 Å². The van der Waals surface area contributed by atoms with Crippen LogP contribution in [-0.4, -0.2) is 36.6 Å². The lowest BCUT2D eigenvalue weighted by Crippen LogP contribution is -2.41. The van der Waals surface area contributed by atoms with Crippen molar-refractivity contribution in [2.24, 2.45) is 0 Å². The minimum atomic E-state index is -0.627. The second-order valence-electron chi connectivity index (χ2n) is 32.3. The molecule has 4 nitrogen and oxygen atoms in total. The zero-order chi connectivity index (χ0) is 66.7. The first-order chi connectivity index (χ1) is 45.5. The minimum Gasteiger partial charge on any atom is -0.399 e. The molecule has 0 amide bonds. The van der Waals surface area contributed by atoms with E-state index < -0.39 is 36.6 Å². The van der Waals surface area contributed by atoms with E-state index in [1.165, 1.54) is 241 Å². The van der Waals surface area contributed by atoms with Crippen molar-refractivity contribution in [2.75, 3.05) is 0 Å². The molecule has 0 aromatic heterocycles. The van der Waals surface area contributed by atoms with Crippen LogP contribution in [0.25, 0.3) is 174 Å². The quantitative estimate of drug-likeness (QED) is 0.0944. The first-order valence-corrected chi connectivity index (χ1v) is 34.9. The van der Waals surface area contributed by atoms with Crippen molar-refractivity contribution in [1.29, 1.82) is 0 Å². The van der Waals surface area contributed by atoms with Crippen LogP contribution in [0.2, 0.25) is 0 Å². The van der Waals surface area contributed by atoms with Gasteiger partial charge in [0.05, 0.1) is 22.4 Å². The normalized spacial score (nSPS) is 16.7. The molecule has 2 saturated heterocycles. The molecular weight excluding hydrogens is 1170 g/mol. The molecule has 2 fully saturated rings. The van der Waals surface area contributed by atoms with Crippen molar-refractivity contribution in [1.82, 2.24) is 0 Å². The average molecular weight is 1250 g/mol. The number of benzene rings is 17. The van der Waals surface area contributed by atoms with E-state index >= 15 is 0 Å². The zero-order valence-corrected chi connectivity index (χ0v) is 59.3. The summed E-state index contributed by atoms with van der Waals surface area (Å²) in [7, 11) is -1.25. The van der Waals surface area contributed by atoms with Gasteiger partial charge in [-0.25, -0.2) is 0 Å². The van der Waals surface area contributed by atoms with Gasteiger partial charge in [0.25, 0.3) is 0 Å². The van der Waals surface area contributed by atoms with Gasteiger partial charge in [0.15, 0.2) is 0 Å². The molecule has 0 radical (unpaired) electrons. The number of hydrogen-bond acceptors (Lipinski definition) is 4. The van der Waals surface area contributed by atoms with Gasteiger partial charge in [0, 0.05) is 0 Å². The smallest absolute Gasteiger partial charge is 0.399 e. The summed E-state index contributed by atoms with van der Waals surface area (Å²) in [6, 6.07) is 49.7. The Labute approximate surface area is 563 Å². The van der Waals surface area contributed by atoms with Gasteiger partial charge in [-0.1, -0.05) is 95.1 Å². The standard InChI is InChI=1S/C90H80B2O4/c1-41-21-45(5)71(46(6)22-41)53-29-59-60-30-54(72-47(7)23-42(2)24-48(72)8)32-62-64-34-56(74-51(11)27-44(4)28-52(74)12)36-66-68-38-58(92-95-89(17,18)90(19,20)96-92)40-70-69-39-57(91-93-87(13,14)88(15,16)94-91)37-67-65-35-55(73-49(9)25-43(3)26-50(73)10)33-63-61(31-53)75(59)81-82(76(60)62)84(78(64)66)86(80(68)70)85(79(67)69)83(81)77(63)65/h21-40H,1-20H3. The molecule has 17 aromatic rings. The first kappa shape index (κ1) is 58.7. The van der Waals surface area contributed by atoms with E-state index in [0.29, 0.717) is 0 Å². The molecule has 0 aliphatic carbocycles. The Morgan fingerprint density at radius 1 is 0.198 bits per heavy atom. The number of hydrogen-bond donors (Lipinski definition) is 0. The highest BCUT2D eigenvalue weighted by molar-refractivity contribution is 6.67. The van der Waals surface area contributed by atoms with E-state index in [1.54, 1.807) is 0 Å². The number of fused-ring (bicyclic) bond motifs is 6. The third kappa shape index (κ3) is 7.47. The Bertz CT molecular complexity index is 5840. The molecule has 0 saturated carbocycles. The molecule has 96 heavy (non-hydrogen) atoms. The molecule has 17 aromatic carbocycles. The second-order valence-corrected chi connectivity index (χ2v) is 32.3. The van der Waals surface area contributed by atoms with Gasteiger partial charge >= 0.3 is 14.2 Å². The molecule has 19 rings (SSSR count). The third-order valence-corrected chi connectivity index (χ3v) is 24.5. The van der Waals surface area contributed by atoms with E-state index in [0.717, 1.165) is 10.9 Å². The molecule has 2 aliphatic rings. The van der Waals surface area contributed by atoms with E-state index in [-0.39, 0.29) is 0 Å². The van der Waals surface area contributed by atoms with Crippen LogP contribution in [-0.2, 0) is 18.6 Å². The maximum absolute atomic E-state index is 7.22. The van der Waals surface area contributed by atoms with Crippen molar-refractivity contribution < 1.29 is 18.6 Å². The number of aryl methyl sites for hydroxylation is 12. The zero-order valence-electron chi connectivity index (χ0n) is 59.3. The predicted octanol–water partition coefficient (Wildman–Crippen LogP) is 23.1. The van der Waals surface area contributed by atoms with Gasteiger partial charge < -0.3 is 18.6 Å². The Morgan fingerprint density at radius 3 is 0.500 bits per heavy atom. The number of rotatable bonds is 6. The Morgan fingerprint density at radius 2 is 0.344 bits per heavy atom. The van der Waals surface area contributed by atoms with Gasteiger partial charge in [-0.3, -0.25) is 0 Å². The molecule has 0 bridgehead atoms. The molecule has 0 N–H and O–H groups in total. The molecule has 0 atom stereocenters. The molecular formula is C90H80B2O4. The van der Waals surface area contributed by atoms with Crippen molar-refractivity contribution in [2.45, 2.75) is 161 Å². The molecule has 0 spiro atoms. The first-order valence-electron chi connectivity index (χ1n) is 34.9. The summed E-state index contributed by atoms with van der Waals surface area (Å²) >= 11 is 0. The SMILES string of the molecule is Cc1cc(C)c(-c2cc3c4cc(B5OC(C)(C)C(C)(C)O5)cc5c6cc(B7OC(C)(C)C(C)(C)O7)cc7c8cc(-c9c(C)cc(C)cc9C)cc9c%10cc(-c%11c(C)cc(C)cc%11C)cc%11c%12cc(-c%13c(C)cc(C)cc%13C)cc%13c(c2)c3c2c(c54)c(c67)c(c89)c(c%10%11)c2c%13%12)c(C)c1. The maximum Gasteiger partial charge on any atom is 0.494 e. The maximum atomic E-state index is 7.22. The molecule has 470 valence electrons. The fraction of sp³-hybridized carbons (Fsp3) is 0.267. The minimum absolute atomic E-state index is 0.573. The van der Waals surface area contributed by atoms with Crippen molar-refractivity contribution in [3.63, 3.8) is 0 Å². The fourth-order valence-corrected chi connectivity index (χ4v) is 19.7. The summed E-state index contributed by atoms with van der Waals surface area (Å²) in [4.78, 5) is 0. The van der Waals surface area contributed by atoms with E-state index in [1.807, 2.05) is 0 Å². The molecule has 6 heteroatoms. The van der Waals surface area contributed by atoms with Gasteiger partial charge in [0.2, 0.25) is 0 Å². The van der Waals surface area contributed by atoms with Crippen LogP contribution in [0.3, 0.4) is 0 Å². The summed E-state index contributed by atoms with van der Waals surface area (Å²) in [5.41, 5.74) is 25.2. The van der Waals surface area contributed by atoms with Crippen molar-refractivity contribution in [3.8, 4) is 44.5 Å². The highest BCUT2D eigenvalue weighted by atomic mass is 16.7. The van der Waals surface area contributed by atoms with E-state index in [4.69, 9.17) is 18.6 Å². The highest BCUT2D eigenvalue weighted by Gasteiger charge is 2.53. The van der Waals surface area contributed by atoms with Gasteiger partial charge in [-0.05, 0) is 416 Å². The summed E-state index contributed by atoms with van der Waals surface area (Å²) < 4.78 is 28.9. The Hall–Kier alpha value is -8.61. The molecule has 0 unspecified atom stereocenters. The molecule has 2 heterocycles. The van der Waals surface area contributed by atoms with E-state index in [2.05, 4.69) is 260 Å². The van der Waals surface area contributed by atoms with E-state index in [9.17, 15) is 0 Å². The Balaban J connectivity index is 1.14. The average Bonchev–Trinajstić information content (AvgIpc) is 0.646. The second kappa shape index (κ2) is 18.7. The van der Waals surface area contributed by atoms with Crippen molar-refractivity contribution >= 4 is 154 Å². The summed E-state index contributed by atoms with van der Waals surface area (Å²) in [6.45, 7) is 44.9. The van der Waals surface area contributed by atoms with Crippen LogP contribution in [0.15, 0.2) is 121 Å². The van der Waals surface area contributed by atoms with Crippen molar-refractivity contribution in [3.05, 3.63) is 188 Å². The Kier molecular flexibility index (Phi) is 11.5. The fourth-order valence-electron chi connectivity index (χ4n) is 19.7. The van der Waals surface area contributed by atoms with Crippen LogP contribution in [0.5, 0.6) is 0 Å². The summed E-state index contributed by atoms with van der Waals surface area (Å²) in [5.74, 6) is 0. The molecule has 2 aliphatic heterocycles. The summed E-state index contributed by atoms with van der Waals surface area (Å²) in [6.07, 6.45) is 0. The topological polar surface area (TPSA) is 36.9 Å². The lowest BCUT2D eigenvalue weighted by molar-refractivity contribution is 0.00578. The van der Waals surface area contributed by atoms with Crippen LogP contribution in [0.1, 0.15) is 122 Å².